The van der Waals surface area contributed by atoms with Crippen molar-refractivity contribution in [3.05, 3.63) is 82.6 Å². The summed E-state index contributed by atoms with van der Waals surface area (Å²) in [5.41, 5.74) is 3.65. The number of alkyl halides is 1. The average molecular weight is 622 g/mol. The Bertz CT molecular complexity index is 1610. The summed E-state index contributed by atoms with van der Waals surface area (Å²) in [6.45, 7) is 13.7. The number of amides is 2. The van der Waals surface area contributed by atoms with Crippen molar-refractivity contribution >= 4 is 45.8 Å². The van der Waals surface area contributed by atoms with E-state index in [2.05, 4.69) is 43.3 Å². The van der Waals surface area contributed by atoms with E-state index in [1.54, 1.807) is 37.4 Å². The van der Waals surface area contributed by atoms with Gasteiger partial charge in [0.15, 0.2) is 0 Å². The lowest BCUT2D eigenvalue weighted by atomic mass is 9.87. The van der Waals surface area contributed by atoms with Gasteiger partial charge in [-0.2, -0.15) is 0 Å². The third-order valence-corrected chi connectivity index (χ3v) is 8.30. The van der Waals surface area contributed by atoms with E-state index in [1.807, 2.05) is 28.8 Å². The maximum atomic E-state index is 13.8. The number of nitrogens with zero attached hydrogens (tertiary/aromatic N) is 2. The van der Waals surface area contributed by atoms with Crippen LogP contribution in [0.2, 0.25) is 0 Å². The summed E-state index contributed by atoms with van der Waals surface area (Å²) in [5, 5.41) is 9.31. The topological polar surface area (TPSA) is 107 Å². The number of nitrogens with one attached hydrogen (secondary N) is 3. The number of carbonyl (C=O) groups is 2. The first kappa shape index (κ1) is 33.0. The zero-order chi connectivity index (χ0) is 31.9. The van der Waals surface area contributed by atoms with Crippen LogP contribution in [-0.4, -0.2) is 54.3 Å². The number of benzene rings is 2. The summed E-state index contributed by atoms with van der Waals surface area (Å²) in [4.78, 5) is 30.9. The predicted molar refractivity (Wildman–Crippen MR) is 174 cm³/mol. The molecule has 44 heavy (non-hydrogen) atoms. The fourth-order valence-corrected chi connectivity index (χ4v) is 5.38. The van der Waals surface area contributed by atoms with Crippen LogP contribution in [0, 0.1) is 5.41 Å². The number of imidazole rings is 1. The van der Waals surface area contributed by atoms with Gasteiger partial charge in [-0.25, -0.2) is 9.37 Å². The van der Waals surface area contributed by atoms with E-state index in [1.165, 1.54) is 13.0 Å². The fraction of sp³-hybridized carbons (Fsp3) is 0.364. The lowest BCUT2D eigenvalue weighted by molar-refractivity contribution is -0.111. The van der Waals surface area contributed by atoms with Crippen LogP contribution in [0.5, 0.6) is 0 Å². The summed E-state index contributed by atoms with van der Waals surface area (Å²) < 4.78 is 26.6. The van der Waals surface area contributed by atoms with Crippen LogP contribution in [0.1, 0.15) is 54.0 Å². The van der Waals surface area contributed by atoms with Gasteiger partial charge in [0.1, 0.15) is 6.17 Å². The molecular formula is C33H40FN5O4S. The van der Waals surface area contributed by atoms with Crippen molar-refractivity contribution in [1.82, 2.24) is 14.9 Å². The SMILES string of the molecule is C=CC(=O)Nc1cccc(-n2c(NC(=O)c3ccc(C(C)F)s3)nc3cc(CN[C@@H](COCCOC)C(C)(C)C)ccc32)c1. The van der Waals surface area contributed by atoms with E-state index in [-0.39, 0.29) is 17.4 Å². The molecule has 0 bridgehead atoms. The third-order valence-electron chi connectivity index (χ3n) is 7.06. The molecule has 0 aliphatic carbocycles. The number of hydrogen-bond donors (Lipinski definition) is 3. The number of anilines is 2. The highest BCUT2D eigenvalue weighted by Crippen LogP contribution is 2.30. The molecule has 2 atom stereocenters. The van der Waals surface area contributed by atoms with Crippen molar-refractivity contribution < 1.29 is 23.5 Å². The van der Waals surface area contributed by atoms with Crippen molar-refractivity contribution in [3.63, 3.8) is 0 Å². The van der Waals surface area contributed by atoms with Crippen LogP contribution < -0.4 is 16.0 Å². The van der Waals surface area contributed by atoms with Crippen molar-refractivity contribution in [1.29, 1.82) is 0 Å². The molecule has 2 heterocycles. The summed E-state index contributed by atoms with van der Waals surface area (Å²) in [7, 11) is 1.65. The van der Waals surface area contributed by atoms with E-state index in [9.17, 15) is 14.0 Å². The molecule has 0 saturated carbocycles. The lowest BCUT2D eigenvalue weighted by Gasteiger charge is -2.31. The molecule has 2 amide bonds. The number of fused-ring (bicyclic) bond motifs is 1. The van der Waals surface area contributed by atoms with Crippen LogP contribution >= 0.6 is 11.3 Å². The number of rotatable bonds is 14. The number of ether oxygens (including phenoxy) is 2. The Labute approximate surface area is 261 Å². The average Bonchev–Trinajstić information content (AvgIpc) is 3.61. The van der Waals surface area contributed by atoms with Gasteiger partial charge in [-0.15, -0.1) is 11.3 Å². The van der Waals surface area contributed by atoms with Gasteiger partial charge in [0.05, 0.1) is 41.4 Å². The number of halogens is 1. The Balaban J connectivity index is 1.66. The number of carbonyl (C=O) groups excluding carboxylic acids is 2. The largest absolute Gasteiger partial charge is 0.382 e. The Morgan fingerprint density at radius 1 is 1.11 bits per heavy atom. The van der Waals surface area contributed by atoms with Gasteiger partial charge in [-0.3, -0.25) is 19.5 Å². The lowest BCUT2D eigenvalue weighted by Crippen LogP contribution is -2.43. The molecule has 0 saturated heterocycles. The number of methoxy groups -OCH3 is 1. The summed E-state index contributed by atoms with van der Waals surface area (Å²) >= 11 is 1.10. The molecule has 2 aromatic carbocycles. The van der Waals surface area contributed by atoms with E-state index < -0.39 is 12.1 Å². The highest BCUT2D eigenvalue weighted by molar-refractivity contribution is 7.14. The van der Waals surface area contributed by atoms with Gasteiger partial charge in [0, 0.05) is 30.3 Å². The summed E-state index contributed by atoms with van der Waals surface area (Å²) in [5.74, 6) is -0.431. The van der Waals surface area contributed by atoms with Crippen LogP contribution in [0.4, 0.5) is 16.0 Å². The quantitative estimate of drug-likeness (QED) is 0.107. The number of hydrogen-bond acceptors (Lipinski definition) is 7. The minimum Gasteiger partial charge on any atom is -0.382 e. The van der Waals surface area contributed by atoms with Crippen molar-refractivity contribution in [3.8, 4) is 5.69 Å². The summed E-state index contributed by atoms with van der Waals surface area (Å²) in [6, 6.07) is 16.5. The monoisotopic (exact) mass is 621 g/mol. The number of thiophene rings is 1. The smallest absolute Gasteiger partial charge is 0.268 e. The standard InChI is InChI=1S/C33H40FN5O4S/c1-7-30(40)36-23-9-8-10-24(18-23)39-26-12-11-22(19-35-29(33(3,4)5)20-43-16-15-42-6)17-25(26)37-32(39)38-31(41)28-14-13-27(44-28)21(2)34/h7-14,17-18,21,29,35H,1,15-16,19-20H2,2-6H3,(H,36,40)(H,37,38,41)/t21?,29-/m0/s1. The highest BCUT2D eigenvalue weighted by atomic mass is 32.1. The molecule has 0 spiro atoms. The molecule has 11 heteroatoms. The molecule has 4 rings (SSSR count). The van der Waals surface area contributed by atoms with E-state index in [0.717, 1.165) is 22.4 Å². The maximum absolute atomic E-state index is 13.8. The second-order valence-corrected chi connectivity index (χ2v) is 12.6. The molecular weight excluding hydrogens is 581 g/mol. The fourth-order valence-electron chi connectivity index (χ4n) is 4.55. The van der Waals surface area contributed by atoms with Crippen LogP contribution in [0.25, 0.3) is 16.7 Å². The molecule has 0 radical (unpaired) electrons. The molecule has 3 N–H and O–H groups in total. The van der Waals surface area contributed by atoms with E-state index >= 15 is 0 Å². The van der Waals surface area contributed by atoms with Gasteiger partial charge in [0.25, 0.3) is 5.91 Å². The molecule has 0 fully saturated rings. The minimum absolute atomic E-state index is 0.0379. The van der Waals surface area contributed by atoms with Gasteiger partial charge >= 0.3 is 0 Å². The van der Waals surface area contributed by atoms with Crippen LogP contribution in [0.3, 0.4) is 0 Å². The first-order valence-electron chi connectivity index (χ1n) is 14.4. The van der Waals surface area contributed by atoms with Gasteiger partial charge < -0.3 is 20.1 Å². The Kier molecular flexibility index (Phi) is 11.0. The van der Waals surface area contributed by atoms with Crippen LogP contribution in [-0.2, 0) is 20.8 Å². The first-order valence-corrected chi connectivity index (χ1v) is 15.2. The zero-order valence-electron chi connectivity index (χ0n) is 25.8. The molecule has 0 aliphatic rings. The van der Waals surface area contributed by atoms with Crippen LogP contribution in [0.15, 0.2) is 67.3 Å². The molecule has 0 aliphatic heterocycles. The van der Waals surface area contributed by atoms with Crippen molar-refractivity contribution in [2.75, 3.05) is 37.6 Å². The second kappa shape index (κ2) is 14.7. The van der Waals surface area contributed by atoms with Crippen molar-refractivity contribution in [2.24, 2.45) is 5.41 Å². The third kappa shape index (κ3) is 8.38. The van der Waals surface area contributed by atoms with Gasteiger partial charge in [0.2, 0.25) is 11.9 Å². The highest BCUT2D eigenvalue weighted by Gasteiger charge is 2.25. The van der Waals surface area contributed by atoms with Gasteiger partial charge in [-0.1, -0.05) is 39.5 Å². The number of aromatic nitrogens is 2. The molecule has 4 aromatic rings. The minimum atomic E-state index is -1.17. The normalized spacial score (nSPS) is 13.0. The second-order valence-electron chi connectivity index (χ2n) is 11.5. The molecule has 2 aromatic heterocycles. The Morgan fingerprint density at radius 2 is 1.91 bits per heavy atom. The summed E-state index contributed by atoms with van der Waals surface area (Å²) in [6.07, 6.45) is 0.0331. The van der Waals surface area contributed by atoms with Gasteiger partial charge in [-0.05, 0) is 66.4 Å². The molecule has 9 nitrogen and oxygen atoms in total. The molecule has 234 valence electrons. The maximum Gasteiger partial charge on any atom is 0.268 e. The Morgan fingerprint density at radius 3 is 2.59 bits per heavy atom. The Hall–Kier alpha value is -3.90. The van der Waals surface area contributed by atoms with E-state index in [0.29, 0.717) is 59.0 Å². The first-order chi connectivity index (χ1) is 21.0. The zero-order valence-corrected chi connectivity index (χ0v) is 26.6. The van der Waals surface area contributed by atoms with Crippen molar-refractivity contribution in [2.45, 2.75) is 46.5 Å². The predicted octanol–water partition coefficient (Wildman–Crippen LogP) is 6.66. The van der Waals surface area contributed by atoms with E-state index in [4.69, 9.17) is 14.5 Å². The molecule has 1 unspecified atom stereocenters.